The van der Waals surface area contributed by atoms with E-state index in [0.29, 0.717) is 42.5 Å². The van der Waals surface area contributed by atoms with E-state index in [1.54, 1.807) is 0 Å². The van der Waals surface area contributed by atoms with Gasteiger partial charge in [0.25, 0.3) is 0 Å². The number of carboxylic acid groups (broad SMARTS) is 5. The maximum Gasteiger partial charge on any atom is 0.331 e. The average molecular weight is 642 g/mol. The van der Waals surface area contributed by atoms with Crippen molar-refractivity contribution >= 4 is 59.7 Å². The monoisotopic (exact) mass is 642 g/mol. The van der Waals surface area contributed by atoms with Crippen molar-refractivity contribution in [2.75, 3.05) is 13.2 Å². The van der Waals surface area contributed by atoms with Crippen LogP contribution in [0.4, 0.5) is 0 Å². The number of hydrogen-bond acceptors (Lipinski definition) is 15. The van der Waals surface area contributed by atoms with E-state index in [9.17, 15) is 47.9 Å². The topological polar surface area (TPSA) is 318 Å². The lowest BCUT2D eigenvalue weighted by Gasteiger charge is -2.31. The second-order valence-electron chi connectivity index (χ2n) is 7.47. The highest BCUT2D eigenvalue weighted by Gasteiger charge is 2.39. The lowest BCUT2D eigenvalue weighted by Crippen LogP contribution is -2.49. The molecule has 0 rings (SSSR count). The lowest BCUT2D eigenvalue weighted by atomic mass is 10.1. The molecule has 0 bridgehead atoms. The molecule has 1 unspecified atom stereocenters. The van der Waals surface area contributed by atoms with Crippen molar-refractivity contribution in [3.8, 4) is 0 Å². The van der Waals surface area contributed by atoms with Gasteiger partial charge in [0.1, 0.15) is 13.2 Å². The van der Waals surface area contributed by atoms with Crippen LogP contribution in [0.2, 0.25) is 0 Å². The summed E-state index contributed by atoms with van der Waals surface area (Å²) in [7, 11) is 0. The zero-order chi connectivity index (χ0) is 34.5. The van der Waals surface area contributed by atoms with Gasteiger partial charge in [-0.2, -0.15) is 0 Å². The quantitative estimate of drug-likeness (QED) is 0.0578. The maximum atomic E-state index is 12.4. The summed E-state index contributed by atoms with van der Waals surface area (Å²) in [5, 5.41) is 43.6. The van der Waals surface area contributed by atoms with E-state index in [0.717, 1.165) is 0 Å². The lowest BCUT2D eigenvalue weighted by molar-refractivity contribution is -0.190. The third-order valence-corrected chi connectivity index (χ3v) is 4.11. The van der Waals surface area contributed by atoms with E-state index in [1.165, 1.54) is 0 Å². The van der Waals surface area contributed by atoms with Crippen molar-refractivity contribution in [2.24, 2.45) is 0 Å². The van der Waals surface area contributed by atoms with Gasteiger partial charge in [-0.05, 0) is 0 Å². The Morgan fingerprint density at radius 2 is 0.622 bits per heavy atom. The van der Waals surface area contributed by atoms with Crippen LogP contribution in [0.1, 0.15) is 0 Å². The first-order valence-electron chi connectivity index (χ1n) is 11.5. The van der Waals surface area contributed by atoms with E-state index in [2.05, 4.69) is 0 Å². The Balaban J connectivity index is 6.86. The fraction of sp³-hybridized carbons (Fsp3) is 0.200. The third-order valence-electron chi connectivity index (χ3n) is 4.11. The van der Waals surface area contributed by atoms with Crippen LogP contribution < -0.4 is 0 Å². The summed E-state index contributed by atoms with van der Waals surface area (Å²) in [6.07, 6.45) is -3.41. The molecule has 0 aliphatic rings. The Bertz CT molecular complexity index is 1250. The minimum absolute atomic E-state index is 0.264. The zero-order valence-electron chi connectivity index (χ0n) is 22.3. The van der Waals surface area contributed by atoms with Gasteiger partial charge in [-0.25, -0.2) is 47.9 Å². The summed E-state index contributed by atoms with van der Waals surface area (Å²) in [5.74, 6) is -15.6. The number of rotatable bonds is 19. The molecule has 0 aromatic carbocycles. The van der Waals surface area contributed by atoms with Crippen molar-refractivity contribution in [2.45, 2.75) is 18.3 Å². The molecule has 20 heteroatoms. The molecule has 0 fully saturated rings. The van der Waals surface area contributed by atoms with Crippen LogP contribution in [0.25, 0.3) is 0 Å². The fourth-order valence-electron chi connectivity index (χ4n) is 2.45. The number of carboxylic acids is 5. The highest BCUT2D eigenvalue weighted by Crippen LogP contribution is 2.17. The summed E-state index contributed by atoms with van der Waals surface area (Å²) < 4.78 is 24.4. The molecule has 0 radical (unpaired) electrons. The molecular formula is C25H22O20. The Morgan fingerprint density at radius 1 is 0.378 bits per heavy atom. The summed E-state index contributed by atoms with van der Waals surface area (Å²) in [5.41, 5.74) is 0. The van der Waals surface area contributed by atoms with Gasteiger partial charge in [-0.3, -0.25) is 0 Å². The van der Waals surface area contributed by atoms with E-state index in [4.69, 9.17) is 49.2 Å². The third kappa shape index (κ3) is 20.0. The first kappa shape index (κ1) is 38.4. The van der Waals surface area contributed by atoms with Crippen molar-refractivity contribution in [3.05, 3.63) is 60.8 Å². The molecule has 20 nitrogen and oxygen atoms in total. The zero-order valence-corrected chi connectivity index (χ0v) is 22.3. The molecule has 0 aliphatic heterocycles. The second kappa shape index (κ2) is 20.3. The van der Waals surface area contributed by atoms with E-state index >= 15 is 0 Å². The van der Waals surface area contributed by atoms with Crippen molar-refractivity contribution in [3.63, 3.8) is 0 Å². The SMILES string of the molecule is O=C(O)/C=C\C(=O)OC[C@H](OC(=O)/C=C\C(=O)O)C(OC(=O)/C=C\C(=O)O)[C@@H](COC(=O)/C=C\C(=O)O)OC(=O)/C=C\C(=O)O. The van der Waals surface area contributed by atoms with Crippen molar-refractivity contribution in [1.82, 2.24) is 0 Å². The van der Waals surface area contributed by atoms with Gasteiger partial charge in [0, 0.05) is 60.8 Å². The highest BCUT2D eigenvalue weighted by atomic mass is 16.6. The van der Waals surface area contributed by atoms with Crippen LogP contribution in [0.5, 0.6) is 0 Å². The molecule has 0 amide bonds. The van der Waals surface area contributed by atoms with Crippen molar-refractivity contribution < 1.29 is 97.2 Å². The van der Waals surface area contributed by atoms with Gasteiger partial charge in [-0.15, -0.1) is 0 Å². The average Bonchev–Trinajstić information content (AvgIpc) is 2.94. The normalized spacial score (nSPS) is 13.2. The van der Waals surface area contributed by atoms with Crippen LogP contribution in [0.3, 0.4) is 0 Å². The van der Waals surface area contributed by atoms with Crippen LogP contribution in [-0.4, -0.2) is 117 Å². The number of carbonyl (C=O) groups is 10. The predicted octanol–water partition coefficient (Wildman–Crippen LogP) is -1.99. The minimum Gasteiger partial charge on any atom is -0.478 e. The van der Waals surface area contributed by atoms with Gasteiger partial charge in [0.05, 0.1) is 0 Å². The van der Waals surface area contributed by atoms with Gasteiger partial charge in [0.15, 0.2) is 18.3 Å². The molecule has 0 spiro atoms. The standard InChI is InChI=1S/C25H22O20/c26-15(27)1-6-20(36)41-11-13(43-22(38)8-3-17(30)31)25(45-24(40)10-5-19(34)35)14(44-23(39)9-4-18(32)33)12-42-21(37)7-2-16(28)29/h1-10,13-14,25H,11-12H2,(H,26,27)(H,28,29)(H,30,31)(H,32,33)(H,34,35)/b6-1-,7-2-,8-3-,9-4-,10-5-/t13-,14+,25?. The van der Waals surface area contributed by atoms with Gasteiger partial charge in [0.2, 0.25) is 0 Å². The van der Waals surface area contributed by atoms with E-state index in [1.807, 2.05) is 0 Å². The molecule has 0 saturated heterocycles. The molecule has 0 aliphatic carbocycles. The Kier molecular flexibility index (Phi) is 17.3. The number of ether oxygens (including phenoxy) is 5. The molecule has 0 saturated carbocycles. The molecular weight excluding hydrogens is 620 g/mol. The van der Waals surface area contributed by atoms with E-state index < -0.39 is 91.2 Å². The highest BCUT2D eigenvalue weighted by molar-refractivity contribution is 5.93. The van der Waals surface area contributed by atoms with Crippen LogP contribution >= 0.6 is 0 Å². The number of hydrogen-bond donors (Lipinski definition) is 5. The molecule has 242 valence electrons. The molecule has 0 heterocycles. The number of aliphatic carboxylic acids is 5. The Morgan fingerprint density at radius 3 is 0.889 bits per heavy atom. The molecule has 45 heavy (non-hydrogen) atoms. The van der Waals surface area contributed by atoms with Crippen LogP contribution in [0, 0.1) is 0 Å². The smallest absolute Gasteiger partial charge is 0.331 e. The molecule has 5 N–H and O–H groups in total. The summed E-state index contributed by atoms with van der Waals surface area (Å²) >= 11 is 0. The number of esters is 5. The van der Waals surface area contributed by atoms with Crippen LogP contribution in [-0.2, 0) is 71.6 Å². The first-order valence-corrected chi connectivity index (χ1v) is 11.5. The summed E-state index contributed by atoms with van der Waals surface area (Å²) in [6.45, 7) is -2.39. The largest absolute Gasteiger partial charge is 0.478 e. The Labute approximate surface area is 249 Å². The molecule has 0 aromatic rings. The fourth-order valence-corrected chi connectivity index (χ4v) is 2.45. The molecule has 3 atom stereocenters. The van der Waals surface area contributed by atoms with E-state index in [-0.39, 0.29) is 18.2 Å². The minimum atomic E-state index is -2.27. The predicted molar refractivity (Wildman–Crippen MR) is 135 cm³/mol. The van der Waals surface area contributed by atoms with Gasteiger partial charge < -0.3 is 49.2 Å². The first-order chi connectivity index (χ1) is 21.0. The Hall–Kier alpha value is -6.60. The summed E-state index contributed by atoms with van der Waals surface area (Å²) in [6, 6.07) is 0. The van der Waals surface area contributed by atoms with Crippen molar-refractivity contribution in [1.29, 1.82) is 0 Å². The van der Waals surface area contributed by atoms with Crippen LogP contribution in [0.15, 0.2) is 60.8 Å². The molecule has 0 aromatic heterocycles. The van der Waals surface area contributed by atoms with Gasteiger partial charge in [-0.1, -0.05) is 0 Å². The number of carbonyl (C=O) groups excluding carboxylic acids is 5. The second-order valence-corrected chi connectivity index (χ2v) is 7.47. The maximum absolute atomic E-state index is 12.4. The summed E-state index contributed by atoms with van der Waals surface area (Å²) in [4.78, 5) is 115. The van der Waals surface area contributed by atoms with Gasteiger partial charge >= 0.3 is 59.7 Å².